The van der Waals surface area contributed by atoms with Gasteiger partial charge in [-0.1, -0.05) is 5.16 Å². The van der Waals surface area contributed by atoms with Crippen LogP contribution in [0.5, 0.6) is 0 Å². The molecule has 0 amide bonds. The first-order chi connectivity index (χ1) is 9.24. The van der Waals surface area contributed by atoms with E-state index in [4.69, 9.17) is 9.26 Å². The van der Waals surface area contributed by atoms with Crippen molar-refractivity contribution in [3.8, 4) is 11.5 Å². The fraction of sp³-hybridized carbons (Fsp3) is 0.333. The van der Waals surface area contributed by atoms with Gasteiger partial charge in [0.2, 0.25) is 0 Å². The quantitative estimate of drug-likeness (QED) is 0.816. The van der Waals surface area contributed by atoms with Crippen molar-refractivity contribution in [2.45, 2.75) is 6.04 Å². The zero-order valence-electron chi connectivity index (χ0n) is 9.90. The van der Waals surface area contributed by atoms with Gasteiger partial charge in [-0.3, -0.25) is 0 Å². The number of rotatable bonds is 2. The lowest BCUT2D eigenvalue weighted by molar-refractivity contribution is 0.0734. The number of nitrogens with one attached hydrogen (secondary N) is 1. The van der Waals surface area contributed by atoms with Gasteiger partial charge in [-0.05, 0) is 40.8 Å². The van der Waals surface area contributed by atoms with E-state index in [-0.39, 0.29) is 11.9 Å². The first-order valence-electron chi connectivity index (χ1n) is 5.84. The molecule has 1 N–H and O–H groups in total. The second-order valence-electron chi connectivity index (χ2n) is 4.16. The van der Waals surface area contributed by atoms with Crippen LogP contribution in [0.1, 0.15) is 11.9 Å². The zero-order chi connectivity index (χ0) is 13.2. The molecule has 1 saturated heterocycles. The summed E-state index contributed by atoms with van der Waals surface area (Å²) in [6.07, 6.45) is 0. The van der Waals surface area contributed by atoms with Crippen LogP contribution in [0.15, 0.2) is 22.7 Å². The first-order valence-corrected chi connectivity index (χ1v) is 6.92. The fourth-order valence-corrected chi connectivity index (χ4v) is 2.59. The highest BCUT2D eigenvalue weighted by Crippen LogP contribution is 2.25. The van der Waals surface area contributed by atoms with Gasteiger partial charge < -0.3 is 14.6 Å². The normalized spacial score (nSPS) is 19.6. The molecule has 0 bridgehead atoms. The van der Waals surface area contributed by atoms with Gasteiger partial charge in [0.15, 0.2) is 5.82 Å². The lowest BCUT2D eigenvalue weighted by Gasteiger charge is -2.20. The molecule has 1 atom stereocenters. The average molecular weight is 375 g/mol. The van der Waals surface area contributed by atoms with Crippen LogP contribution in [0.3, 0.4) is 0 Å². The van der Waals surface area contributed by atoms with E-state index in [9.17, 15) is 4.39 Å². The number of hydrogen-bond acceptors (Lipinski definition) is 5. The van der Waals surface area contributed by atoms with Gasteiger partial charge in [-0.15, -0.1) is 0 Å². The summed E-state index contributed by atoms with van der Waals surface area (Å²) in [7, 11) is 0. The molecule has 1 aromatic carbocycles. The van der Waals surface area contributed by atoms with E-state index >= 15 is 0 Å². The van der Waals surface area contributed by atoms with Crippen molar-refractivity contribution < 1.29 is 13.7 Å². The van der Waals surface area contributed by atoms with Crippen molar-refractivity contribution in [2.75, 3.05) is 19.8 Å². The molecule has 0 spiro atoms. The van der Waals surface area contributed by atoms with Crippen LogP contribution in [0.25, 0.3) is 11.5 Å². The second kappa shape index (κ2) is 5.51. The largest absolute Gasteiger partial charge is 0.378 e. The van der Waals surface area contributed by atoms with Crippen molar-refractivity contribution >= 4 is 22.6 Å². The van der Waals surface area contributed by atoms with Gasteiger partial charge in [0, 0.05) is 10.1 Å². The fourth-order valence-electron chi connectivity index (χ4n) is 1.88. The number of morpholine rings is 1. The molecule has 1 aliphatic rings. The summed E-state index contributed by atoms with van der Waals surface area (Å²) in [6.45, 7) is 1.99. The molecule has 2 heterocycles. The standard InChI is InChI=1S/C12H11FIN3O2/c13-7-1-2-8(9(14)5-7)12-16-11(17-19-12)10-6-18-4-3-15-10/h1-2,5,10,15H,3-4,6H2. The van der Waals surface area contributed by atoms with Gasteiger partial charge in [0.05, 0.1) is 24.8 Å². The van der Waals surface area contributed by atoms with E-state index < -0.39 is 0 Å². The second-order valence-corrected chi connectivity index (χ2v) is 5.33. The highest BCUT2D eigenvalue weighted by atomic mass is 127. The van der Waals surface area contributed by atoms with Crippen molar-refractivity contribution in [1.29, 1.82) is 0 Å². The third-order valence-corrected chi connectivity index (χ3v) is 3.73. The van der Waals surface area contributed by atoms with Gasteiger partial charge in [0.25, 0.3) is 5.89 Å². The lowest BCUT2D eigenvalue weighted by atomic mass is 10.2. The van der Waals surface area contributed by atoms with E-state index in [1.165, 1.54) is 12.1 Å². The van der Waals surface area contributed by atoms with E-state index in [2.05, 4.69) is 15.5 Å². The number of halogens is 2. The molecule has 0 aliphatic carbocycles. The SMILES string of the molecule is Fc1ccc(-c2nc(C3COCCN3)no2)c(I)c1. The molecule has 1 aliphatic heterocycles. The maximum absolute atomic E-state index is 13.1. The summed E-state index contributed by atoms with van der Waals surface area (Å²) in [5, 5.41) is 7.21. The van der Waals surface area contributed by atoms with Gasteiger partial charge in [-0.2, -0.15) is 4.98 Å². The number of nitrogens with zero attached hydrogens (tertiary/aromatic N) is 2. The van der Waals surface area contributed by atoms with Gasteiger partial charge in [-0.25, -0.2) is 4.39 Å². The molecule has 3 rings (SSSR count). The Labute approximate surface area is 122 Å². The van der Waals surface area contributed by atoms with E-state index in [0.717, 1.165) is 15.7 Å². The minimum Gasteiger partial charge on any atom is -0.378 e. The predicted molar refractivity (Wildman–Crippen MR) is 74.0 cm³/mol. The Balaban J connectivity index is 1.87. The molecule has 5 nitrogen and oxygen atoms in total. The third-order valence-electron chi connectivity index (χ3n) is 2.84. The number of ether oxygens (including phenoxy) is 1. The van der Waals surface area contributed by atoms with Crippen LogP contribution in [0, 0.1) is 9.39 Å². The smallest absolute Gasteiger partial charge is 0.259 e. The summed E-state index contributed by atoms with van der Waals surface area (Å²) < 4.78 is 24.4. The maximum atomic E-state index is 13.1. The van der Waals surface area contributed by atoms with E-state index in [0.29, 0.717) is 24.9 Å². The molecule has 1 aromatic heterocycles. The molecule has 7 heteroatoms. The zero-order valence-corrected chi connectivity index (χ0v) is 12.1. The Morgan fingerprint density at radius 1 is 1.42 bits per heavy atom. The summed E-state index contributed by atoms with van der Waals surface area (Å²) in [6, 6.07) is 4.40. The van der Waals surface area contributed by atoms with Crippen LogP contribution < -0.4 is 5.32 Å². The van der Waals surface area contributed by atoms with E-state index in [1.807, 2.05) is 22.6 Å². The molecule has 0 saturated carbocycles. The Bertz CT molecular complexity index is 584. The van der Waals surface area contributed by atoms with Crippen LogP contribution >= 0.6 is 22.6 Å². The Kier molecular flexibility index (Phi) is 3.76. The number of benzene rings is 1. The minimum atomic E-state index is -0.282. The van der Waals surface area contributed by atoms with E-state index in [1.54, 1.807) is 6.07 Å². The molecule has 2 aromatic rings. The van der Waals surface area contributed by atoms with Crippen LogP contribution in [0.2, 0.25) is 0 Å². The van der Waals surface area contributed by atoms with Gasteiger partial charge in [0.1, 0.15) is 5.82 Å². The summed E-state index contributed by atoms with van der Waals surface area (Å²) in [5.74, 6) is 0.678. The molecule has 1 fully saturated rings. The summed E-state index contributed by atoms with van der Waals surface area (Å²) in [5.41, 5.74) is 0.734. The monoisotopic (exact) mass is 375 g/mol. The molecule has 0 radical (unpaired) electrons. The predicted octanol–water partition coefficient (Wildman–Crippen LogP) is 2.14. The maximum Gasteiger partial charge on any atom is 0.259 e. The van der Waals surface area contributed by atoms with Crippen LogP contribution in [0.4, 0.5) is 4.39 Å². The average Bonchev–Trinajstić information content (AvgIpc) is 2.89. The lowest BCUT2D eigenvalue weighted by Crippen LogP contribution is -2.35. The highest BCUT2D eigenvalue weighted by Gasteiger charge is 2.22. The number of aromatic nitrogens is 2. The van der Waals surface area contributed by atoms with Crippen molar-refractivity contribution in [2.24, 2.45) is 0 Å². The summed E-state index contributed by atoms with van der Waals surface area (Å²) >= 11 is 2.05. The minimum absolute atomic E-state index is 0.0515. The molecule has 100 valence electrons. The van der Waals surface area contributed by atoms with Crippen LogP contribution in [-0.4, -0.2) is 29.9 Å². The van der Waals surface area contributed by atoms with Crippen molar-refractivity contribution in [3.05, 3.63) is 33.4 Å². The Morgan fingerprint density at radius 2 is 2.32 bits per heavy atom. The van der Waals surface area contributed by atoms with Crippen LogP contribution in [-0.2, 0) is 4.74 Å². The van der Waals surface area contributed by atoms with Crippen molar-refractivity contribution in [3.63, 3.8) is 0 Å². The van der Waals surface area contributed by atoms with Crippen molar-refractivity contribution in [1.82, 2.24) is 15.5 Å². The molecule has 19 heavy (non-hydrogen) atoms. The molecular formula is C12H11FIN3O2. The Hall–Kier alpha value is -1.06. The van der Waals surface area contributed by atoms with Gasteiger partial charge >= 0.3 is 0 Å². The topological polar surface area (TPSA) is 60.2 Å². The Morgan fingerprint density at radius 3 is 3.05 bits per heavy atom. The number of hydrogen-bond donors (Lipinski definition) is 1. The molecule has 1 unspecified atom stereocenters. The first kappa shape index (κ1) is 12.9. The third kappa shape index (κ3) is 2.77. The highest BCUT2D eigenvalue weighted by molar-refractivity contribution is 14.1. The summed E-state index contributed by atoms with van der Waals surface area (Å²) in [4.78, 5) is 4.35. The molecular weight excluding hydrogens is 364 g/mol.